The van der Waals surface area contributed by atoms with Gasteiger partial charge in [-0.2, -0.15) is 0 Å². The van der Waals surface area contributed by atoms with Crippen LogP contribution in [-0.2, 0) is 11.8 Å². The molecule has 1 aromatic heterocycles. The number of para-hydroxylation sites is 3. The number of carbonyl (C=O) groups excluding carboxylic acids is 1. The molecule has 4 aromatic rings. The van der Waals surface area contributed by atoms with Crippen LogP contribution >= 0.6 is 23.4 Å². The second kappa shape index (κ2) is 9.68. The molecule has 0 radical (unpaired) electrons. The topological polar surface area (TPSA) is 69.0 Å². The van der Waals surface area contributed by atoms with Crippen molar-refractivity contribution in [2.24, 2.45) is 7.05 Å². The standard InChI is InChI=1S/C23H19ClN4O2S/c1-28-22(17-11-5-6-12-18(17)24)26-27-23(28)31-15-21(29)25-19-13-7-8-14-20(19)30-16-9-3-2-4-10-16/h2-14H,15H2,1H3,(H,25,29). The number of carbonyl (C=O) groups is 1. The van der Waals surface area contributed by atoms with Gasteiger partial charge in [-0.15, -0.1) is 10.2 Å². The van der Waals surface area contributed by atoms with Gasteiger partial charge in [0.05, 0.1) is 16.5 Å². The van der Waals surface area contributed by atoms with Crippen molar-refractivity contribution in [2.45, 2.75) is 5.16 Å². The largest absolute Gasteiger partial charge is 0.455 e. The van der Waals surface area contributed by atoms with Gasteiger partial charge < -0.3 is 14.6 Å². The smallest absolute Gasteiger partial charge is 0.234 e. The first kappa shape index (κ1) is 21.0. The Morgan fingerprint density at radius 1 is 1.00 bits per heavy atom. The van der Waals surface area contributed by atoms with Gasteiger partial charge in [-0.25, -0.2) is 0 Å². The summed E-state index contributed by atoms with van der Waals surface area (Å²) in [5.74, 6) is 1.93. The molecule has 0 aliphatic heterocycles. The molecule has 3 aromatic carbocycles. The summed E-state index contributed by atoms with van der Waals surface area (Å²) < 4.78 is 7.72. The Balaban J connectivity index is 1.41. The molecule has 6 nitrogen and oxygen atoms in total. The molecule has 0 aliphatic rings. The number of nitrogens with zero attached hydrogens (tertiary/aromatic N) is 3. The predicted octanol–water partition coefficient (Wildman–Crippen LogP) is 5.66. The van der Waals surface area contributed by atoms with Gasteiger partial charge >= 0.3 is 0 Å². The maximum Gasteiger partial charge on any atom is 0.234 e. The lowest BCUT2D eigenvalue weighted by Gasteiger charge is -2.12. The second-order valence-electron chi connectivity index (χ2n) is 6.59. The number of thioether (sulfide) groups is 1. The quantitative estimate of drug-likeness (QED) is 0.368. The Morgan fingerprint density at radius 2 is 1.71 bits per heavy atom. The van der Waals surface area contributed by atoms with Gasteiger partial charge in [0.1, 0.15) is 5.75 Å². The Morgan fingerprint density at radius 3 is 2.52 bits per heavy atom. The third-order valence-electron chi connectivity index (χ3n) is 4.41. The molecule has 0 bridgehead atoms. The first-order valence-electron chi connectivity index (χ1n) is 9.50. The molecule has 0 unspecified atom stereocenters. The molecule has 156 valence electrons. The second-order valence-corrected chi connectivity index (χ2v) is 7.94. The Labute approximate surface area is 189 Å². The molecule has 0 fully saturated rings. The molecule has 31 heavy (non-hydrogen) atoms. The normalized spacial score (nSPS) is 10.6. The highest BCUT2D eigenvalue weighted by molar-refractivity contribution is 7.99. The van der Waals surface area contributed by atoms with E-state index in [1.165, 1.54) is 11.8 Å². The van der Waals surface area contributed by atoms with Crippen LogP contribution in [0.25, 0.3) is 11.4 Å². The lowest BCUT2D eigenvalue weighted by molar-refractivity contribution is -0.113. The van der Waals surface area contributed by atoms with E-state index in [2.05, 4.69) is 15.5 Å². The zero-order chi connectivity index (χ0) is 21.6. The number of hydrogen-bond acceptors (Lipinski definition) is 5. The summed E-state index contributed by atoms with van der Waals surface area (Å²) in [4.78, 5) is 12.6. The molecule has 0 aliphatic carbocycles. The molecule has 0 atom stereocenters. The average Bonchev–Trinajstić information content (AvgIpc) is 3.15. The SMILES string of the molecule is Cn1c(SCC(=O)Nc2ccccc2Oc2ccccc2)nnc1-c1ccccc1Cl. The number of rotatable bonds is 7. The molecular formula is C23H19ClN4O2S. The van der Waals surface area contributed by atoms with Crippen molar-refractivity contribution in [3.63, 3.8) is 0 Å². The highest BCUT2D eigenvalue weighted by atomic mass is 35.5. The molecule has 1 heterocycles. The van der Waals surface area contributed by atoms with Crippen LogP contribution in [0.1, 0.15) is 0 Å². The van der Waals surface area contributed by atoms with Crippen LogP contribution in [0.4, 0.5) is 5.69 Å². The molecule has 1 amide bonds. The fourth-order valence-corrected chi connectivity index (χ4v) is 3.84. The van der Waals surface area contributed by atoms with Gasteiger partial charge in [-0.05, 0) is 36.4 Å². The number of amides is 1. The molecule has 8 heteroatoms. The van der Waals surface area contributed by atoms with E-state index in [1.54, 1.807) is 12.1 Å². The van der Waals surface area contributed by atoms with Crippen LogP contribution in [0.2, 0.25) is 5.02 Å². The van der Waals surface area contributed by atoms with Crippen molar-refractivity contribution in [3.05, 3.63) is 83.9 Å². The molecule has 0 saturated heterocycles. The minimum absolute atomic E-state index is 0.170. The van der Waals surface area contributed by atoms with Gasteiger partial charge in [0.2, 0.25) is 5.91 Å². The fourth-order valence-electron chi connectivity index (χ4n) is 2.91. The summed E-state index contributed by atoms with van der Waals surface area (Å²) >= 11 is 7.57. The Kier molecular flexibility index (Phi) is 6.54. The molecule has 0 saturated carbocycles. The predicted molar refractivity (Wildman–Crippen MR) is 124 cm³/mol. The number of aromatic nitrogens is 3. The monoisotopic (exact) mass is 450 g/mol. The van der Waals surface area contributed by atoms with Gasteiger partial charge in [0.15, 0.2) is 16.7 Å². The summed E-state index contributed by atoms with van der Waals surface area (Å²) in [6.07, 6.45) is 0. The van der Waals surface area contributed by atoms with Gasteiger partial charge in [0.25, 0.3) is 0 Å². The highest BCUT2D eigenvalue weighted by Gasteiger charge is 2.15. The van der Waals surface area contributed by atoms with Gasteiger partial charge in [-0.1, -0.05) is 65.8 Å². The van der Waals surface area contributed by atoms with Crippen LogP contribution < -0.4 is 10.1 Å². The number of benzene rings is 3. The summed E-state index contributed by atoms with van der Waals surface area (Å²) in [7, 11) is 1.85. The van der Waals surface area contributed by atoms with Crippen LogP contribution in [0.3, 0.4) is 0 Å². The summed E-state index contributed by atoms with van der Waals surface area (Å²) in [5.41, 5.74) is 1.40. The van der Waals surface area contributed by atoms with E-state index in [-0.39, 0.29) is 11.7 Å². The fraction of sp³-hybridized carbons (Fsp3) is 0.0870. The third-order valence-corrected chi connectivity index (χ3v) is 5.76. The highest BCUT2D eigenvalue weighted by Crippen LogP contribution is 2.30. The van der Waals surface area contributed by atoms with Crippen molar-refractivity contribution in [3.8, 4) is 22.9 Å². The number of anilines is 1. The summed E-state index contributed by atoms with van der Waals surface area (Å²) in [6, 6.07) is 24.2. The van der Waals surface area contributed by atoms with Crippen molar-refractivity contribution in [1.82, 2.24) is 14.8 Å². The zero-order valence-corrected chi connectivity index (χ0v) is 18.2. The van der Waals surface area contributed by atoms with Gasteiger partial charge in [0, 0.05) is 12.6 Å². The van der Waals surface area contributed by atoms with Crippen molar-refractivity contribution in [2.75, 3.05) is 11.1 Å². The first-order chi connectivity index (χ1) is 15.1. The summed E-state index contributed by atoms with van der Waals surface area (Å²) in [5, 5.41) is 12.6. The Hall–Kier alpha value is -3.29. The number of halogens is 1. The van der Waals surface area contributed by atoms with Crippen molar-refractivity contribution < 1.29 is 9.53 Å². The van der Waals surface area contributed by atoms with E-state index < -0.39 is 0 Å². The van der Waals surface area contributed by atoms with Crippen molar-refractivity contribution >= 4 is 35.0 Å². The van der Waals surface area contributed by atoms with E-state index in [1.807, 2.05) is 78.3 Å². The molecule has 0 spiro atoms. The number of ether oxygens (including phenoxy) is 1. The van der Waals surface area contributed by atoms with E-state index in [4.69, 9.17) is 16.3 Å². The third kappa shape index (κ3) is 5.07. The zero-order valence-electron chi connectivity index (χ0n) is 16.7. The lowest BCUT2D eigenvalue weighted by atomic mass is 10.2. The van der Waals surface area contributed by atoms with Crippen LogP contribution in [0.15, 0.2) is 84.0 Å². The van der Waals surface area contributed by atoms with Crippen molar-refractivity contribution in [1.29, 1.82) is 0 Å². The lowest BCUT2D eigenvalue weighted by Crippen LogP contribution is -2.15. The van der Waals surface area contributed by atoms with E-state index in [9.17, 15) is 4.79 Å². The van der Waals surface area contributed by atoms with Gasteiger partial charge in [-0.3, -0.25) is 4.79 Å². The minimum atomic E-state index is -0.170. The summed E-state index contributed by atoms with van der Waals surface area (Å²) in [6.45, 7) is 0. The van der Waals surface area contributed by atoms with E-state index in [0.717, 1.165) is 5.56 Å². The van der Waals surface area contributed by atoms with Crippen LogP contribution in [0.5, 0.6) is 11.5 Å². The molecule has 1 N–H and O–H groups in total. The van der Waals surface area contributed by atoms with Crippen LogP contribution in [0, 0.1) is 0 Å². The number of hydrogen-bond donors (Lipinski definition) is 1. The molecular weight excluding hydrogens is 432 g/mol. The molecule has 4 rings (SSSR count). The average molecular weight is 451 g/mol. The maximum atomic E-state index is 12.6. The van der Waals surface area contributed by atoms with E-state index in [0.29, 0.717) is 33.2 Å². The number of nitrogens with one attached hydrogen (secondary N) is 1. The maximum absolute atomic E-state index is 12.6. The minimum Gasteiger partial charge on any atom is -0.455 e. The first-order valence-corrected chi connectivity index (χ1v) is 10.9. The Bertz CT molecular complexity index is 1200. The van der Waals surface area contributed by atoms with E-state index >= 15 is 0 Å². The van der Waals surface area contributed by atoms with Crippen LogP contribution in [-0.4, -0.2) is 26.4 Å².